The molecule has 23 heavy (non-hydrogen) atoms. The van der Waals surface area contributed by atoms with Gasteiger partial charge in [-0.05, 0) is 12.1 Å². The van der Waals surface area contributed by atoms with E-state index in [0.29, 0.717) is 11.3 Å². The number of aliphatic carboxylic acids is 1. The smallest absolute Gasteiger partial charge is 0.326 e. The average Bonchev–Trinajstić information content (AvgIpc) is 3.06. The van der Waals surface area contributed by atoms with Gasteiger partial charge in [-0.25, -0.2) is 9.78 Å². The van der Waals surface area contributed by atoms with Gasteiger partial charge in [-0.2, -0.15) is 0 Å². The minimum absolute atomic E-state index is 0.0771. The molecule has 1 atom stereocenters. The van der Waals surface area contributed by atoms with Crippen LogP contribution >= 0.6 is 0 Å². The Kier molecular flexibility index (Phi) is 5.45. The van der Waals surface area contributed by atoms with Gasteiger partial charge in [-0.15, -0.1) is 0 Å². The number of hydrogen-bond donors (Lipinski definition) is 4. The Morgan fingerprint density at radius 1 is 1.22 bits per heavy atom. The van der Waals surface area contributed by atoms with Gasteiger partial charge in [0, 0.05) is 23.9 Å². The lowest BCUT2D eigenvalue weighted by atomic mass is 10.1. The van der Waals surface area contributed by atoms with Crippen LogP contribution in [0.4, 0.5) is 0 Å². The van der Waals surface area contributed by atoms with E-state index in [-0.39, 0.29) is 13.0 Å². The third kappa shape index (κ3) is 4.95. The van der Waals surface area contributed by atoms with Gasteiger partial charge < -0.3 is 20.7 Å². The van der Waals surface area contributed by atoms with Crippen LogP contribution in [0.1, 0.15) is 16.1 Å². The number of aromatic nitrogens is 2. The van der Waals surface area contributed by atoms with Crippen molar-refractivity contribution in [3.63, 3.8) is 0 Å². The molecule has 2 aromatic rings. The summed E-state index contributed by atoms with van der Waals surface area (Å²) in [6.45, 7) is -0.305. The summed E-state index contributed by atoms with van der Waals surface area (Å²) < 4.78 is 0. The van der Waals surface area contributed by atoms with Crippen molar-refractivity contribution < 1.29 is 19.5 Å². The highest BCUT2D eigenvalue weighted by Crippen LogP contribution is 1.99. The second-order valence-corrected chi connectivity index (χ2v) is 4.79. The molecule has 0 aliphatic rings. The number of rotatable bonds is 7. The monoisotopic (exact) mass is 316 g/mol. The van der Waals surface area contributed by atoms with E-state index in [4.69, 9.17) is 5.11 Å². The molecule has 0 spiro atoms. The number of amides is 2. The molecule has 0 saturated heterocycles. The minimum Gasteiger partial charge on any atom is -0.480 e. The van der Waals surface area contributed by atoms with Gasteiger partial charge in [-0.3, -0.25) is 9.59 Å². The fourth-order valence-electron chi connectivity index (χ4n) is 1.91. The van der Waals surface area contributed by atoms with Gasteiger partial charge in [0.1, 0.15) is 6.04 Å². The molecule has 0 radical (unpaired) electrons. The molecule has 8 nitrogen and oxygen atoms in total. The molecule has 0 bridgehead atoms. The molecule has 0 aliphatic heterocycles. The fourth-order valence-corrected chi connectivity index (χ4v) is 1.91. The van der Waals surface area contributed by atoms with Crippen LogP contribution in [-0.2, 0) is 16.0 Å². The van der Waals surface area contributed by atoms with E-state index in [2.05, 4.69) is 20.6 Å². The molecular formula is C15H16N4O4. The van der Waals surface area contributed by atoms with Crippen molar-refractivity contribution in [1.29, 1.82) is 0 Å². The van der Waals surface area contributed by atoms with Crippen LogP contribution in [0, 0.1) is 0 Å². The summed E-state index contributed by atoms with van der Waals surface area (Å²) in [7, 11) is 0. The Labute approximate surface area is 131 Å². The van der Waals surface area contributed by atoms with Crippen LogP contribution in [0.15, 0.2) is 42.9 Å². The fraction of sp³-hybridized carbons (Fsp3) is 0.200. The van der Waals surface area contributed by atoms with Crippen molar-refractivity contribution in [2.45, 2.75) is 12.5 Å². The molecule has 0 fully saturated rings. The first-order chi connectivity index (χ1) is 11.1. The lowest BCUT2D eigenvalue weighted by Gasteiger charge is -2.14. The topological polar surface area (TPSA) is 124 Å². The Balaban J connectivity index is 1.84. The van der Waals surface area contributed by atoms with E-state index in [1.807, 2.05) is 0 Å². The summed E-state index contributed by atoms with van der Waals surface area (Å²) in [5.41, 5.74) is 1.01. The third-order valence-electron chi connectivity index (χ3n) is 3.06. The third-order valence-corrected chi connectivity index (χ3v) is 3.06. The predicted octanol–water partition coefficient (Wildman–Crippen LogP) is -0.0484. The molecule has 1 aromatic carbocycles. The number of hydrogen-bond acceptors (Lipinski definition) is 4. The van der Waals surface area contributed by atoms with Gasteiger partial charge in [0.05, 0.1) is 12.9 Å². The van der Waals surface area contributed by atoms with Crippen molar-refractivity contribution in [3.05, 3.63) is 54.1 Å². The number of aromatic amines is 1. The number of benzene rings is 1. The summed E-state index contributed by atoms with van der Waals surface area (Å²) in [6, 6.07) is 7.32. The van der Waals surface area contributed by atoms with Crippen molar-refractivity contribution >= 4 is 17.8 Å². The molecule has 120 valence electrons. The van der Waals surface area contributed by atoms with Gasteiger partial charge in [-0.1, -0.05) is 18.2 Å². The summed E-state index contributed by atoms with van der Waals surface area (Å²) in [5, 5.41) is 13.9. The molecule has 0 aliphatic carbocycles. The first kappa shape index (κ1) is 16.2. The summed E-state index contributed by atoms with van der Waals surface area (Å²) >= 11 is 0. The van der Waals surface area contributed by atoms with Gasteiger partial charge >= 0.3 is 5.97 Å². The van der Waals surface area contributed by atoms with Crippen LogP contribution in [0.25, 0.3) is 0 Å². The molecule has 0 unspecified atom stereocenters. The SMILES string of the molecule is O=C(CNC(=O)c1ccccc1)N[C@@H](Cc1cnc[nH]1)C(=O)O. The van der Waals surface area contributed by atoms with Crippen LogP contribution in [0.3, 0.4) is 0 Å². The Morgan fingerprint density at radius 3 is 2.57 bits per heavy atom. The van der Waals surface area contributed by atoms with Crippen molar-refractivity contribution in [3.8, 4) is 0 Å². The molecular weight excluding hydrogens is 300 g/mol. The van der Waals surface area contributed by atoms with E-state index in [0.717, 1.165) is 0 Å². The molecule has 1 heterocycles. The van der Waals surface area contributed by atoms with E-state index in [1.54, 1.807) is 30.3 Å². The number of H-pyrrole nitrogens is 1. The number of carboxylic acids is 1. The standard InChI is InChI=1S/C15H16N4O4/c20-13(8-17-14(21)10-4-2-1-3-5-10)19-12(15(22)23)6-11-7-16-9-18-11/h1-5,7,9,12H,6,8H2,(H,16,18)(H,17,21)(H,19,20)(H,22,23)/t12-/m0/s1. The second kappa shape index (κ2) is 7.74. The summed E-state index contributed by atoms with van der Waals surface area (Å²) in [4.78, 5) is 41.4. The Bertz CT molecular complexity index is 670. The zero-order valence-corrected chi connectivity index (χ0v) is 12.2. The maximum atomic E-state index is 11.8. The first-order valence-corrected chi connectivity index (χ1v) is 6.89. The normalized spacial score (nSPS) is 11.5. The van der Waals surface area contributed by atoms with Gasteiger partial charge in [0.2, 0.25) is 5.91 Å². The van der Waals surface area contributed by atoms with Crippen molar-refractivity contribution in [1.82, 2.24) is 20.6 Å². The lowest BCUT2D eigenvalue weighted by Crippen LogP contribution is -2.46. The Morgan fingerprint density at radius 2 is 1.96 bits per heavy atom. The number of carboxylic acid groups (broad SMARTS) is 1. The largest absolute Gasteiger partial charge is 0.480 e. The molecule has 8 heteroatoms. The first-order valence-electron chi connectivity index (χ1n) is 6.89. The van der Waals surface area contributed by atoms with Crippen LogP contribution in [0.5, 0.6) is 0 Å². The second-order valence-electron chi connectivity index (χ2n) is 4.79. The van der Waals surface area contributed by atoms with E-state index >= 15 is 0 Å². The van der Waals surface area contributed by atoms with Gasteiger partial charge in [0.25, 0.3) is 5.91 Å². The van der Waals surface area contributed by atoms with Gasteiger partial charge in [0.15, 0.2) is 0 Å². The van der Waals surface area contributed by atoms with E-state index < -0.39 is 23.8 Å². The maximum Gasteiger partial charge on any atom is 0.326 e. The average molecular weight is 316 g/mol. The summed E-state index contributed by atoms with van der Waals surface area (Å²) in [5.74, 6) is -2.15. The molecule has 1 aromatic heterocycles. The lowest BCUT2D eigenvalue weighted by molar-refractivity contribution is -0.141. The zero-order chi connectivity index (χ0) is 16.7. The summed E-state index contributed by atoms with van der Waals surface area (Å²) in [6.07, 6.45) is 2.99. The van der Waals surface area contributed by atoms with Crippen molar-refractivity contribution in [2.24, 2.45) is 0 Å². The maximum absolute atomic E-state index is 11.8. The van der Waals surface area contributed by atoms with Crippen LogP contribution in [0.2, 0.25) is 0 Å². The quantitative estimate of drug-likeness (QED) is 0.570. The highest BCUT2D eigenvalue weighted by molar-refractivity contribution is 5.96. The molecule has 2 rings (SSSR count). The predicted molar refractivity (Wildman–Crippen MR) is 80.6 cm³/mol. The van der Waals surface area contributed by atoms with Crippen LogP contribution in [-0.4, -0.2) is 45.4 Å². The number of nitrogens with zero attached hydrogens (tertiary/aromatic N) is 1. The minimum atomic E-state index is -1.16. The molecule has 2 amide bonds. The number of imidazole rings is 1. The number of carbonyl (C=O) groups excluding carboxylic acids is 2. The number of carbonyl (C=O) groups is 3. The number of nitrogens with one attached hydrogen (secondary N) is 3. The highest BCUT2D eigenvalue weighted by Gasteiger charge is 2.21. The van der Waals surface area contributed by atoms with Crippen LogP contribution < -0.4 is 10.6 Å². The highest BCUT2D eigenvalue weighted by atomic mass is 16.4. The van der Waals surface area contributed by atoms with Crippen molar-refractivity contribution in [2.75, 3.05) is 6.54 Å². The Hall–Kier alpha value is -3.16. The van der Waals surface area contributed by atoms with E-state index in [9.17, 15) is 14.4 Å². The molecule has 0 saturated carbocycles. The molecule has 4 N–H and O–H groups in total. The van der Waals surface area contributed by atoms with E-state index in [1.165, 1.54) is 12.5 Å². The zero-order valence-electron chi connectivity index (χ0n) is 12.2.